The van der Waals surface area contributed by atoms with Gasteiger partial charge < -0.3 is 10.1 Å². The molecule has 0 saturated carbocycles. The molecule has 0 bridgehead atoms. The van der Waals surface area contributed by atoms with Gasteiger partial charge in [0.15, 0.2) is 0 Å². The van der Waals surface area contributed by atoms with E-state index in [0.29, 0.717) is 28.4 Å². The lowest BCUT2D eigenvalue weighted by atomic mass is 10.1. The van der Waals surface area contributed by atoms with E-state index in [-0.39, 0.29) is 15.4 Å². The number of benzene rings is 4. The molecule has 208 valence electrons. The number of sulfonamides is 2. The minimum atomic E-state index is -3.96. The van der Waals surface area contributed by atoms with Gasteiger partial charge in [0.2, 0.25) is 0 Å². The van der Waals surface area contributed by atoms with E-state index in [1.165, 1.54) is 43.5 Å². The average molecular weight is 580 g/mol. The van der Waals surface area contributed by atoms with Crippen molar-refractivity contribution in [3.8, 4) is 5.75 Å². The van der Waals surface area contributed by atoms with Gasteiger partial charge in [0.05, 0.1) is 28.3 Å². The van der Waals surface area contributed by atoms with E-state index in [1.54, 1.807) is 56.3 Å². The number of methoxy groups -OCH3 is 1. The molecule has 0 aliphatic carbocycles. The number of anilines is 3. The maximum absolute atomic E-state index is 13.1. The molecular weight excluding hydrogens is 550 g/mol. The van der Waals surface area contributed by atoms with Crippen molar-refractivity contribution in [1.82, 2.24) is 0 Å². The lowest BCUT2D eigenvalue weighted by molar-refractivity contribution is 0.102. The van der Waals surface area contributed by atoms with Crippen LogP contribution in [0.1, 0.15) is 27.0 Å². The molecule has 0 radical (unpaired) electrons. The van der Waals surface area contributed by atoms with Crippen LogP contribution in [0.2, 0.25) is 0 Å². The van der Waals surface area contributed by atoms with Crippen LogP contribution in [0.4, 0.5) is 17.1 Å². The first-order valence-electron chi connectivity index (χ1n) is 12.2. The number of para-hydroxylation sites is 1. The fourth-order valence-electron chi connectivity index (χ4n) is 3.94. The standard InChI is InChI=1S/C29H29N3O6S2/c1-19-9-16-27(38-4)26(17-19)32-39(34,35)24-14-12-23(13-15-24)30-29(33)22-11-10-21(3)28(18-22)40(36,37)31-25-8-6-5-7-20(25)2/h5-18,31-32H,1-4H3,(H,30,33). The van der Waals surface area contributed by atoms with Crippen molar-refractivity contribution in [2.75, 3.05) is 21.9 Å². The molecule has 0 aliphatic heterocycles. The third kappa shape index (κ3) is 6.44. The van der Waals surface area contributed by atoms with Crippen LogP contribution in [0.25, 0.3) is 0 Å². The summed E-state index contributed by atoms with van der Waals surface area (Å²) < 4.78 is 62.4. The first-order valence-corrected chi connectivity index (χ1v) is 15.1. The molecule has 4 aromatic rings. The van der Waals surface area contributed by atoms with Crippen LogP contribution >= 0.6 is 0 Å². The molecule has 3 N–H and O–H groups in total. The van der Waals surface area contributed by atoms with Crippen LogP contribution in [-0.4, -0.2) is 29.9 Å². The molecule has 1 amide bonds. The summed E-state index contributed by atoms with van der Waals surface area (Å²) in [4.78, 5) is 12.9. The molecule has 11 heteroatoms. The smallest absolute Gasteiger partial charge is 0.262 e. The monoisotopic (exact) mass is 579 g/mol. The van der Waals surface area contributed by atoms with E-state index >= 15 is 0 Å². The summed E-state index contributed by atoms with van der Waals surface area (Å²) in [5, 5.41) is 2.68. The van der Waals surface area contributed by atoms with Crippen molar-refractivity contribution in [3.05, 3.63) is 107 Å². The minimum Gasteiger partial charge on any atom is -0.495 e. The number of hydrogen-bond acceptors (Lipinski definition) is 6. The van der Waals surface area contributed by atoms with Crippen LogP contribution in [0.5, 0.6) is 5.75 Å². The molecule has 0 aliphatic rings. The lowest BCUT2D eigenvalue weighted by Crippen LogP contribution is -2.17. The zero-order valence-electron chi connectivity index (χ0n) is 22.3. The first kappa shape index (κ1) is 28.7. The van der Waals surface area contributed by atoms with Gasteiger partial charge in [0.1, 0.15) is 5.75 Å². The molecule has 4 rings (SSSR count). The van der Waals surface area contributed by atoms with Gasteiger partial charge in [-0.3, -0.25) is 14.2 Å². The fraction of sp³-hybridized carbons (Fsp3) is 0.138. The summed E-state index contributed by atoms with van der Waals surface area (Å²) in [6.45, 7) is 5.27. The van der Waals surface area contributed by atoms with Gasteiger partial charge in [0.25, 0.3) is 26.0 Å². The van der Waals surface area contributed by atoms with Gasteiger partial charge in [-0.1, -0.05) is 30.3 Å². The zero-order valence-corrected chi connectivity index (χ0v) is 24.0. The number of hydrogen-bond donors (Lipinski definition) is 3. The molecule has 0 atom stereocenters. The van der Waals surface area contributed by atoms with E-state index in [9.17, 15) is 21.6 Å². The molecule has 0 unspecified atom stereocenters. The number of aryl methyl sites for hydroxylation is 3. The molecule has 0 heterocycles. The van der Waals surface area contributed by atoms with Gasteiger partial charge in [-0.15, -0.1) is 0 Å². The summed E-state index contributed by atoms with van der Waals surface area (Å²) in [7, 11) is -6.44. The lowest BCUT2D eigenvalue weighted by Gasteiger charge is -2.14. The van der Waals surface area contributed by atoms with Crippen LogP contribution in [0.3, 0.4) is 0 Å². The van der Waals surface area contributed by atoms with E-state index in [2.05, 4.69) is 14.8 Å². The molecule has 40 heavy (non-hydrogen) atoms. The Kier molecular flexibility index (Phi) is 8.17. The van der Waals surface area contributed by atoms with Crippen molar-refractivity contribution in [2.24, 2.45) is 0 Å². The molecule has 0 fully saturated rings. The van der Waals surface area contributed by atoms with Crippen molar-refractivity contribution in [3.63, 3.8) is 0 Å². The normalized spacial score (nSPS) is 11.5. The number of ether oxygens (including phenoxy) is 1. The van der Waals surface area contributed by atoms with E-state index in [0.717, 1.165) is 11.1 Å². The maximum Gasteiger partial charge on any atom is 0.262 e. The Hall–Kier alpha value is -4.35. The molecular formula is C29H29N3O6S2. The zero-order chi connectivity index (χ0) is 29.1. The quantitative estimate of drug-likeness (QED) is 0.241. The highest BCUT2D eigenvalue weighted by Crippen LogP contribution is 2.28. The highest BCUT2D eigenvalue weighted by Gasteiger charge is 2.21. The molecule has 4 aromatic carbocycles. The molecule has 0 aromatic heterocycles. The largest absolute Gasteiger partial charge is 0.495 e. The maximum atomic E-state index is 13.1. The van der Waals surface area contributed by atoms with Crippen molar-refractivity contribution in [1.29, 1.82) is 0 Å². The molecule has 0 spiro atoms. The second kappa shape index (κ2) is 11.4. The highest BCUT2D eigenvalue weighted by molar-refractivity contribution is 7.93. The van der Waals surface area contributed by atoms with Gasteiger partial charge in [-0.25, -0.2) is 16.8 Å². The second-order valence-electron chi connectivity index (χ2n) is 9.19. The van der Waals surface area contributed by atoms with Crippen LogP contribution in [-0.2, 0) is 20.0 Å². The predicted octanol–water partition coefficient (Wildman–Crippen LogP) is 5.47. The fourth-order valence-corrected chi connectivity index (χ4v) is 6.41. The Labute approximate surface area is 234 Å². The van der Waals surface area contributed by atoms with Crippen LogP contribution in [0.15, 0.2) is 94.7 Å². The van der Waals surface area contributed by atoms with Gasteiger partial charge in [-0.2, -0.15) is 0 Å². The number of amides is 1. The summed E-state index contributed by atoms with van der Waals surface area (Å²) in [6, 6.07) is 22.1. The summed E-state index contributed by atoms with van der Waals surface area (Å²) in [5.41, 5.74) is 3.31. The second-order valence-corrected chi connectivity index (χ2v) is 12.5. The van der Waals surface area contributed by atoms with E-state index in [1.807, 2.05) is 13.0 Å². The minimum absolute atomic E-state index is 0.0138. The van der Waals surface area contributed by atoms with Crippen LogP contribution in [0, 0.1) is 20.8 Å². The van der Waals surface area contributed by atoms with Gasteiger partial charge >= 0.3 is 0 Å². The summed E-state index contributed by atoms with van der Waals surface area (Å²) >= 11 is 0. The third-order valence-corrected chi connectivity index (χ3v) is 9.04. The Bertz CT molecular complexity index is 1790. The highest BCUT2D eigenvalue weighted by atomic mass is 32.2. The van der Waals surface area contributed by atoms with Crippen LogP contribution < -0.4 is 19.5 Å². The van der Waals surface area contributed by atoms with Crippen molar-refractivity contribution >= 4 is 43.0 Å². The number of rotatable bonds is 9. The summed E-state index contributed by atoms with van der Waals surface area (Å²) in [5.74, 6) is -0.169. The Morgan fingerprint density at radius 1 is 0.700 bits per heavy atom. The van der Waals surface area contributed by atoms with Crippen molar-refractivity contribution in [2.45, 2.75) is 30.6 Å². The Balaban J connectivity index is 1.51. The number of carbonyl (C=O) groups is 1. The van der Waals surface area contributed by atoms with Gasteiger partial charge in [0, 0.05) is 11.3 Å². The molecule has 9 nitrogen and oxygen atoms in total. The average Bonchev–Trinajstić information content (AvgIpc) is 2.90. The topological polar surface area (TPSA) is 131 Å². The third-order valence-electron chi connectivity index (χ3n) is 6.15. The Morgan fingerprint density at radius 2 is 1.38 bits per heavy atom. The van der Waals surface area contributed by atoms with Crippen molar-refractivity contribution < 1.29 is 26.4 Å². The van der Waals surface area contributed by atoms with Gasteiger partial charge in [-0.05, 0) is 92.1 Å². The summed E-state index contributed by atoms with van der Waals surface area (Å²) in [6.07, 6.45) is 0. The number of carbonyl (C=O) groups excluding carboxylic acids is 1. The first-order chi connectivity index (χ1) is 18.9. The van der Waals surface area contributed by atoms with E-state index < -0.39 is 26.0 Å². The predicted molar refractivity (Wildman–Crippen MR) is 156 cm³/mol. The van der Waals surface area contributed by atoms with E-state index in [4.69, 9.17) is 4.74 Å². The number of nitrogens with one attached hydrogen (secondary N) is 3. The SMILES string of the molecule is COc1ccc(C)cc1NS(=O)(=O)c1ccc(NC(=O)c2ccc(C)c(S(=O)(=O)Nc3ccccc3C)c2)cc1. The Morgan fingerprint density at radius 3 is 2.05 bits per heavy atom. The molecule has 0 saturated heterocycles.